The lowest BCUT2D eigenvalue weighted by Gasteiger charge is -2.09. The summed E-state index contributed by atoms with van der Waals surface area (Å²) in [6, 6.07) is 11.6. The molecule has 1 aliphatic heterocycles. The molecule has 1 saturated heterocycles. The molecule has 1 heterocycles. The molecule has 1 unspecified atom stereocenters. The molecule has 0 aliphatic carbocycles. The SMILES string of the molecule is Clc1cc(/C=C/c2ccc(Cl)cc2Br)cc(OCCCCCC2CCNC2)c1. The highest BCUT2D eigenvalue weighted by atomic mass is 79.9. The minimum atomic E-state index is 0.682. The van der Waals surface area contributed by atoms with Crippen LogP contribution < -0.4 is 10.1 Å². The van der Waals surface area contributed by atoms with Crippen molar-refractivity contribution in [3.05, 3.63) is 62.0 Å². The molecule has 28 heavy (non-hydrogen) atoms. The predicted octanol–water partition coefficient (Wildman–Crippen LogP) is 7.48. The molecule has 1 fully saturated rings. The van der Waals surface area contributed by atoms with Crippen molar-refractivity contribution in [1.29, 1.82) is 0 Å². The first-order valence-electron chi connectivity index (χ1n) is 9.87. The molecule has 0 amide bonds. The van der Waals surface area contributed by atoms with Crippen LogP contribution in [0.15, 0.2) is 40.9 Å². The van der Waals surface area contributed by atoms with Gasteiger partial charge in [0.05, 0.1) is 6.61 Å². The second-order valence-electron chi connectivity index (χ2n) is 7.28. The van der Waals surface area contributed by atoms with Crippen LogP contribution >= 0.6 is 39.1 Å². The van der Waals surface area contributed by atoms with Gasteiger partial charge in [-0.2, -0.15) is 0 Å². The molecule has 0 radical (unpaired) electrons. The van der Waals surface area contributed by atoms with E-state index in [9.17, 15) is 0 Å². The maximum Gasteiger partial charge on any atom is 0.121 e. The van der Waals surface area contributed by atoms with Crippen LogP contribution in [-0.4, -0.2) is 19.7 Å². The van der Waals surface area contributed by atoms with Crippen molar-refractivity contribution in [3.8, 4) is 5.75 Å². The number of unbranched alkanes of at least 4 members (excludes halogenated alkanes) is 2. The van der Waals surface area contributed by atoms with E-state index >= 15 is 0 Å². The molecular weight excluding hydrogens is 457 g/mol. The summed E-state index contributed by atoms with van der Waals surface area (Å²) in [6.45, 7) is 3.12. The van der Waals surface area contributed by atoms with Crippen LogP contribution in [0.2, 0.25) is 10.0 Å². The summed E-state index contributed by atoms with van der Waals surface area (Å²) < 4.78 is 6.89. The van der Waals surface area contributed by atoms with Gasteiger partial charge in [0.15, 0.2) is 0 Å². The van der Waals surface area contributed by atoms with E-state index in [4.69, 9.17) is 27.9 Å². The average Bonchev–Trinajstić information content (AvgIpc) is 3.17. The van der Waals surface area contributed by atoms with Gasteiger partial charge in [-0.05, 0) is 79.7 Å². The third-order valence-electron chi connectivity index (χ3n) is 5.00. The van der Waals surface area contributed by atoms with E-state index in [1.54, 1.807) is 0 Å². The van der Waals surface area contributed by atoms with Gasteiger partial charge in [-0.1, -0.05) is 70.2 Å². The molecule has 5 heteroatoms. The fourth-order valence-electron chi connectivity index (χ4n) is 3.45. The van der Waals surface area contributed by atoms with Crippen molar-refractivity contribution in [1.82, 2.24) is 5.32 Å². The van der Waals surface area contributed by atoms with Crippen molar-refractivity contribution >= 4 is 51.3 Å². The highest BCUT2D eigenvalue weighted by Gasteiger charge is 2.13. The molecule has 150 valence electrons. The van der Waals surface area contributed by atoms with Gasteiger partial charge in [0.1, 0.15) is 5.75 Å². The molecule has 2 aromatic carbocycles. The Morgan fingerprint density at radius 2 is 1.93 bits per heavy atom. The maximum atomic E-state index is 6.27. The van der Waals surface area contributed by atoms with Crippen molar-refractivity contribution in [3.63, 3.8) is 0 Å². The van der Waals surface area contributed by atoms with E-state index in [1.165, 1.54) is 38.8 Å². The van der Waals surface area contributed by atoms with Gasteiger partial charge in [0.25, 0.3) is 0 Å². The number of benzene rings is 2. The Kier molecular flexibility index (Phi) is 8.72. The Morgan fingerprint density at radius 3 is 2.71 bits per heavy atom. The Hall–Kier alpha value is -1.00. The van der Waals surface area contributed by atoms with E-state index < -0.39 is 0 Å². The van der Waals surface area contributed by atoms with Crippen molar-refractivity contribution in [2.75, 3.05) is 19.7 Å². The first-order chi connectivity index (χ1) is 13.6. The molecule has 2 aromatic rings. The summed E-state index contributed by atoms with van der Waals surface area (Å²) in [5, 5.41) is 4.82. The zero-order chi connectivity index (χ0) is 19.8. The van der Waals surface area contributed by atoms with E-state index in [0.717, 1.165) is 40.3 Å². The molecule has 0 saturated carbocycles. The lowest BCUT2D eigenvalue weighted by Crippen LogP contribution is -2.08. The zero-order valence-corrected chi connectivity index (χ0v) is 19.0. The first-order valence-corrected chi connectivity index (χ1v) is 11.4. The molecule has 3 rings (SSSR count). The number of nitrogens with one attached hydrogen (secondary N) is 1. The molecule has 2 nitrogen and oxygen atoms in total. The molecule has 0 bridgehead atoms. The van der Waals surface area contributed by atoms with Gasteiger partial charge in [0.2, 0.25) is 0 Å². The number of hydrogen-bond acceptors (Lipinski definition) is 2. The molecule has 1 atom stereocenters. The topological polar surface area (TPSA) is 21.3 Å². The van der Waals surface area contributed by atoms with Gasteiger partial charge in [-0.25, -0.2) is 0 Å². The van der Waals surface area contributed by atoms with Gasteiger partial charge < -0.3 is 10.1 Å². The Bertz CT molecular complexity index is 803. The van der Waals surface area contributed by atoms with Crippen LogP contribution in [0.25, 0.3) is 12.2 Å². The van der Waals surface area contributed by atoms with Gasteiger partial charge in [0, 0.05) is 14.5 Å². The van der Waals surface area contributed by atoms with E-state index in [2.05, 4.69) is 21.2 Å². The van der Waals surface area contributed by atoms with Crippen LogP contribution in [0.1, 0.15) is 43.2 Å². The largest absolute Gasteiger partial charge is 0.494 e. The van der Waals surface area contributed by atoms with Gasteiger partial charge in [-0.3, -0.25) is 0 Å². The fraction of sp³-hybridized carbons (Fsp3) is 0.391. The average molecular weight is 483 g/mol. The number of halogens is 3. The van der Waals surface area contributed by atoms with Crippen LogP contribution in [0.5, 0.6) is 5.75 Å². The minimum Gasteiger partial charge on any atom is -0.494 e. The number of rotatable bonds is 9. The van der Waals surface area contributed by atoms with Crippen LogP contribution in [0.3, 0.4) is 0 Å². The summed E-state index contributed by atoms with van der Waals surface area (Å²) >= 11 is 15.8. The van der Waals surface area contributed by atoms with E-state index in [-0.39, 0.29) is 0 Å². The number of ether oxygens (including phenoxy) is 1. The first kappa shape index (κ1) is 21.7. The third-order valence-corrected chi connectivity index (χ3v) is 6.14. The predicted molar refractivity (Wildman–Crippen MR) is 124 cm³/mol. The molecule has 1 N–H and O–H groups in total. The van der Waals surface area contributed by atoms with Crippen molar-refractivity contribution in [2.45, 2.75) is 32.1 Å². The fourth-order valence-corrected chi connectivity index (χ4v) is 4.50. The van der Waals surface area contributed by atoms with E-state index in [0.29, 0.717) is 10.0 Å². The highest BCUT2D eigenvalue weighted by Crippen LogP contribution is 2.26. The van der Waals surface area contributed by atoms with Gasteiger partial charge >= 0.3 is 0 Å². The summed E-state index contributed by atoms with van der Waals surface area (Å²) in [5.74, 6) is 1.70. The lowest BCUT2D eigenvalue weighted by molar-refractivity contribution is 0.302. The quantitative estimate of drug-likeness (QED) is 0.295. The molecule has 1 aliphatic rings. The van der Waals surface area contributed by atoms with Crippen LogP contribution in [-0.2, 0) is 0 Å². The Morgan fingerprint density at radius 1 is 1.04 bits per heavy atom. The smallest absolute Gasteiger partial charge is 0.121 e. The maximum absolute atomic E-state index is 6.27. The summed E-state index contributed by atoms with van der Waals surface area (Å²) in [7, 11) is 0. The summed E-state index contributed by atoms with van der Waals surface area (Å²) in [6.07, 6.45) is 10.3. The normalized spacial score (nSPS) is 16.8. The molecule has 0 aromatic heterocycles. The van der Waals surface area contributed by atoms with Crippen molar-refractivity contribution < 1.29 is 4.74 Å². The second-order valence-corrected chi connectivity index (χ2v) is 9.00. The zero-order valence-electron chi connectivity index (χ0n) is 15.9. The molecular formula is C23H26BrCl2NO. The summed E-state index contributed by atoms with van der Waals surface area (Å²) in [4.78, 5) is 0. The second kappa shape index (κ2) is 11.3. The third kappa shape index (κ3) is 7.11. The molecule has 0 spiro atoms. The number of hydrogen-bond donors (Lipinski definition) is 1. The van der Waals surface area contributed by atoms with Crippen LogP contribution in [0.4, 0.5) is 0 Å². The monoisotopic (exact) mass is 481 g/mol. The van der Waals surface area contributed by atoms with Crippen LogP contribution in [0, 0.1) is 5.92 Å². The van der Waals surface area contributed by atoms with Gasteiger partial charge in [-0.15, -0.1) is 0 Å². The van der Waals surface area contributed by atoms with Crippen molar-refractivity contribution in [2.24, 2.45) is 5.92 Å². The highest BCUT2D eigenvalue weighted by molar-refractivity contribution is 9.10. The van der Waals surface area contributed by atoms with E-state index in [1.807, 2.05) is 48.6 Å². The minimum absolute atomic E-state index is 0.682. The lowest BCUT2D eigenvalue weighted by atomic mass is 10.0. The Labute approximate surface area is 186 Å². The standard InChI is InChI=1S/C23H26BrCl2NO/c24-23-15-20(25)8-7-19(23)6-5-18-12-21(26)14-22(13-18)28-11-3-1-2-4-17-9-10-27-16-17/h5-8,12-15,17,27H,1-4,9-11,16H2/b6-5+. The Balaban J connectivity index is 1.47. The summed E-state index contributed by atoms with van der Waals surface area (Å²) in [5.41, 5.74) is 2.07.